The van der Waals surface area contributed by atoms with E-state index in [1.165, 1.54) is 6.92 Å². The van der Waals surface area contributed by atoms with Crippen LogP contribution in [-0.2, 0) is 6.61 Å². The van der Waals surface area contributed by atoms with Gasteiger partial charge in [-0.1, -0.05) is 30.3 Å². The molecule has 4 rings (SSSR count). The van der Waals surface area contributed by atoms with Gasteiger partial charge in [-0.25, -0.2) is 0 Å². The van der Waals surface area contributed by atoms with Crippen LogP contribution in [0.4, 0.5) is 0 Å². The molecule has 0 fully saturated rings. The lowest BCUT2D eigenvalue weighted by atomic mass is 10.1. The molecule has 0 saturated carbocycles. The third-order valence-corrected chi connectivity index (χ3v) is 4.62. The third kappa shape index (κ3) is 3.49. The highest BCUT2D eigenvalue weighted by Gasteiger charge is 2.16. The van der Waals surface area contributed by atoms with Gasteiger partial charge in [-0.05, 0) is 55.0 Å². The van der Waals surface area contributed by atoms with Crippen LogP contribution in [0.3, 0.4) is 0 Å². The molecular formula is C24H20O4. The van der Waals surface area contributed by atoms with E-state index >= 15 is 0 Å². The van der Waals surface area contributed by atoms with Crippen LogP contribution in [0.15, 0.2) is 77.2 Å². The molecule has 4 heteroatoms. The Hall–Kier alpha value is -3.53. The maximum absolute atomic E-state index is 11.8. The minimum atomic E-state index is -0.0404. The second-order valence-electron chi connectivity index (χ2n) is 6.52. The van der Waals surface area contributed by atoms with Gasteiger partial charge in [0.05, 0.1) is 18.1 Å². The first-order chi connectivity index (χ1) is 13.7. The average molecular weight is 372 g/mol. The Morgan fingerprint density at radius 1 is 0.964 bits per heavy atom. The molecule has 28 heavy (non-hydrogen) atoms. The van der Waals surface area contributed by atoms with Crippen molar-refractivity contribution in [1.82, 2.24) is 0 Å². The molecule has 0 saturated heterocycles. The van der Waals surface area contributed by atoms with Crippen molar-refractivity contribution in [1.29, 1.82) is 0 Å². The van der Waals surface area contributed by atoms with Crippen molar-refractivity contribution in [3.05, 3.63) is 83.9 Å². The first-order valence-corrected chi connectivity index (χ1v) is 9.04. The summed E-state index contributed by atoms with van der Waals surface area (Å²) in [6.07, 6.45) is 0. The van der Waals surface area contributed by atoms with E-state index in [0.29, 0.717) is 29.3 Å². The Labute approximate surface area is 163 Å². The molecule has 0 unspecified atom stereocenters. The number of hydrogen-bond acceptors (Lipinski definition) is 4. The fourth-order valence-electron chi connectivity index (χ4n) is 3.18. The van der Waals surface area contributed by atoms with Crippen LogP contribution >= 0.6 is 0 Å². The molecule has 4 aromatic rings. The maximum Gasteiger partial charge on any atom is 0.163 e. The predicted molar refractivity (Wildman–Crippen MR) is 109 cm³/mol. The number of carbonyl (C=O) groups is 1. The average Bonchev–Trinajstić information content (AvgIpc) is 3.17. The Balaban J connectivity index is 1.58. The van der Waals surface area contributed by atoms with Gasteiger partial charge in [0.15, 0.2) is 5.78 Å². The van der Waals surface area contributed by atoms with Crippen LogP contribution in [0.25, 0.3) is 22.3 Å². The van der Waals surface area contributed by atoms with Gasteiger partial charge in [-0.3, -0.25) is 4.79 Å². The SMILES string of the molecule is COc1c(C(C)=O)ccc2oc(-c3ccc(OCc4ccccc4)cc3)cc12. The summed E-state index contributed by atoms with van der Waals surface area (Å²) in [6.45, 7) is 2.05. The van der Waals surface area contributed by atoms with E-state index in [9.17, 15) is 4.79 Å². The van der Waals surface area contributed by atoms with Crippen LogP contribution in [0.2, 0.25) is 0 Å². The molecule has 1 heterocycles. The Bertz CT molecular complexity index is 1110. The van der Waals surface area contributed by atoms with Gasteiger partial charge in [0.25, 0.3) is 0 Å². The van der Waals surface area contributed by atoms with Crippen molar-refractivity contribution in [2.75, 3.05) is 7.11 Å². The molecule has 0 radical (unpaired) electrons. The highest BCUT2D eigenvalue weighted by atomic mass is 16.5. The van der Waals surface area contributed by atoms with Crippen molar-refractivity contribution < 1.29 is 18.7 Å². The van der Waals surface area contributed by atoms with Crippen molar-refractivity contribution in [2.45, 2.75) is 13.5 Å². The lowest BCUT2D eigenvalue weighted by Crippen LogP contribution is -1.97. The zero-order chi connectivity index (χ0) is 19.5. The zero-order valence-electron chi connectivity index (χ0n) is 15.8. The number of methoxy groups -OCH3 is 1. The normalized spacial score (nSPS) is 10.8. The molecular weight excluding hydrogens is 352 g/mol. The third-order valence-electron chi connectivity index (χ3n) is 4.62. The Kier molecular flexibility index (Phi) is 4.85. The van der Waals surface area contributed by atoms with E-state index in [-0.39, 0.29) is 5.78 Å². The van der Waals surface area contributed by atoms with E-state index in [0.717, 1.165) is 22.3 Å². The van der Waals surface area contributed by atoms with E-state index < -0.39 is 0 Å². The highest BCUT2D eigenvalue weighted by Crippen LogP contribution is 2.36. The molecule has 140 valence electrons. The summed E-state index contributed by atoms with van der Waals surface area (Å²) in [5.41, 5.74) is 3.28. The van der Waals surface area contributed by atoms with Crippen LogP contribution < -0.4 is 9.47 Å². The molecule has 0 N–H and O–H groups in total. The zero-order valence-corrected chi connectivity index (χ0v) is 15.8. The summed E-state index contributed by atoms with van der Waals surface area (Å²) in [5, 5.41) is 0.787. The van der Waals surface area contributed by atoms with Gasteiger partial charge in [0, 0.05) is 5.56 Å². The number of fused-ring (bicyclic) bond motifs is 1. The smallest absolute Gasteiger partial charge is 0.163 e. The van der Waals surface area contributed by atoms with Crippen LogP contribution in [0.1, 0.15) is 22.8 Å². The molecule has 1 aromatic heterocycles. The standard InChI is InChI=1S/C24H20O4/c1-16(25)20-12-13-22-21(24(20)26-2)14-23(28-22)18-8-10-19(11-9-18)27-15-17-6-4-3-5-7-17/h3-14H,15H2,1-2H3. The minimum Gasteiger partial charge on any atom is -0.495 e. The van der Waals surface area contributed by atoms with Crippen LogP contribution in [0.5, 0.6) is 11.5 Å². The fraction of sp³-hybridized carbons (Fsp3) is 0.125. The van der Waals surface area contributed by atoms with E-state index in [2.05, 4.69) is 0 Å². The second-order valence-corrected chi connectivity index (χ2v) is 6.52. The van der Waals surface area contributed by atoms with Crippen molar-refractivity contribution in [2.24, 2.45) is 0 Å². The second kappa shape index (κ2) is 7.61. The van der Waals surface area contributed by atoms with Crippen molar-refractivity contribution in [3.63, 3.8) is 0 Å². The van der Waals surface area contributed by atoms with Gasteiger partial charge < -0.3 is 13.9 Å². The number of Topliss-reactive ketones (excluding diaryl/α,β-unsaturated/α-hetero) is 1. The number of rotatable bonds is 6. The predicted octanol–water partition coefficient (Wildman–Crippen LogP) is 5.89. The number of benzene rings is 3. The lowest BCUT2D eigenvalue weighted by molar-refractivity contribution is 0.101. The molecule has 0 spiro atoms. The van der Waals surface area contributed by atoms with Gasteiger partial charge in [-0.2, -0.15) is 0 Å². The van der Waals surface area contributed by atoms with Crippen LogP contribution in [0, 0.1) is 0 Å². The minimum absolute atomic E-state index is 0.0404. The van der Waals surface area contributed by atoms with Crippen molar-refractivity contribution in [3.8, 4) is 22.8 Å². The summed E-state index contributed by atoms with van der Waals surface area (Å²) >= 11 is 0. The number of ether oxygens (including phenoxy) is 2. The topological polar surface area (TPSA) is 48.7 Å². The monoisotopic (exact) mass is 372 g/mol. The molecule has 0 atom stereocenters. The molecule has 0 aliphatic carbocycles. The highest BCUT2D eigenvalue weighted by molar-refractivity contribution is 6.03. The molecule has 0 bridgehead atoms. The van der Waals surface area contributed by atoms with Gasteiger partial charge in [0.1, 0.15) is 29.4 Å². The van der Waals surface area contributed by atoms with Crippen molar-refractivity contribution >= 4 is 16.8 Å². The summed E-state index contributed by atoms with van der Waals surface area (Å²) in [6, 6.07) is 23.2. The lowest BCUT2D eigenvalue weighted by Gasteiger charge is -2.06. The number of furan rings is 1. The number of ketones is 1. The van der Waals surface area contributed by atoms with Gasteiger partial charge >= 0.3 is 0 Å². The van der Waals surface area contributed by atoms with E-state index in [1.807, 2.05) is 60.7 Å². The quantitative estimate of drug-likeness (QED) is 0.396. The first kappa shape index (κ1) is 17.9. The Morgan fingerprint density at radius 2 is 1.71 bits per heavy atom. The van der Waals surface area contributed by atoms with E-state index in [4.69, 9.17) is 13.9 Å². The largest absolute Gasteiger partial charge is 0.495 e. The number of carbonyl (C=O) groups excluding carboxylic acids is 1. The Morgan fingerprint density at radius 3 is 2.39 bits per heavy atom. The summed E-state index contributed by atoms with van der Waals surface area (Å²) in [7, 11) is 1.56. The molecule has 0 aliphatic heterocycles. The molecule has 4 nitrogen and oxygen atoms in total. The molecule has 0 aliphatic rings. The van der Waals surface area contributed by atoms with Gasteiger partial charge in [-0.15, -0.1) is 0 Å². The fourth-order valence-corrected chi connectivity index (χ4v) is 3.18. The first-order valence-electron chi connectivity index (χ1n) is 9.04. The molecule has 0 amide bonds. The van der Waals surface area contributed by atoms with E-state index in [1.54, 1.807) is 19.2 Å². The van der Waals surface area contributed by atoms with Crippen LogP contribution in [-0.4, -0.2) is 12.9 Å². The maximum atomic E-state index is 11.8. The summed E-state index contributed by atoms with van der Waals surface area (Å²) in [4.78, 5) is 11.8. The van der Waals surface area contributed by atoms with Gasteiger partial charge in [0.2, 0.25) is 0 Å². The summed E-state index contributed by atoms with van der Waals surface area (Å²) < 4.78 is 17.3. The summed E-state index contributed by atoms with van der Waals surface area (Å²) in [5.74, 6) is 2.01. The number of hydrogen-bond donors (Lipinski definition) is 0. The molecule has 3 aromatic carbocycles.